The number of hydrogen-bond donors (Lipinski definition) is 2. The summed E-state index contributed by atoms with van der Waals surface area (Å²) in [5.41, 5.74) is 5.87. The first-order valence-corrected chi connectivity index (χ1v) is 7.51. The van der Waals surface area contributed by atoms with E-state index in [2.05, 4.69) is 18.8 Å². The maximum Gasteiger partial charge on any atom is 0.337 e. The van der Waals surface area contributed by atoms with E-state index in [1.54, 1.807) is 14.2 Å². The van der Waals surface area contributed by atoms with Crippen molar-refractivity contribution >= 4 is 8.56 Å². The zero-order valence-corrected chi connectivity index (χ0v) is 10.8. The Kier molecular flexibility index (Phi) is 7.39. The third-order valence-electron chi connectivity index (χ3n) is 2.78. The van der Waals surface area contributed by atoms with Crippen molar-refractivity contribution in [2.45, 2.75) is 25.4 Å². The number of nitrogens with two attached hydrogens (primary N) is 1. The standard InChI is InChI=1S/C9H24N2O2Si/c1-9(5-7-11-8-6-10)14(4,12-2)13-3/h9,11H,5-8,10H2,1-4H3. The van der Waals surface area contributed by atoms with Crippen LogP contribution in [0.5, 0.6) is 0 Å². The van der Waals surface area contributed by atoms with Crippen molar-refractivity contribution in [3.63, 3.8) is 0 Å². The molecule has 1 unspecified atom stereocenters. The zero-order chi connectivity index (χ0) is 11.0. The molecule has 0 bridgehead atoms. The summed E-state index contributed by atoms with van der Waals surface area (Å²) in [4.78, 5) is 0. The summed E-state index contributed by atoms with van der Waals surface area (Å²) in [6.07, 6.45) is 1.07. The van der Waals surface area contributed by atoms with Gasteiger partial charge in [-0.3, -0.25) is 0 Å². The lowest BCUT2D eigenvalue weighted by Gasteiger charge is -2.29. The van der Waals surface area contributed by atoms with E-state index in [0.29, 0.717) is 12.1 Å². The Morgan fingerprint density at radius 1 is 1.29 bits per heavy atom. The molecule has 0 aliphatic carbocycles. The lowest BCUT2D eigenvalue weighted by atomic mass is 10.3. The van der Waals surface area contributed by atoms with E-state index in [-0.39, 0.29) is 0 Å². The Morgan fingerprint density at radius 2 is 1.86 bits per heavy atom. The van der Waals surface area contributed by atoms with Crippen LogP contribution in [0.25, 0.3) is 0 Å². The number of hydrogen-bond acceptors (Lipinski definition) is 4. The van der Waals surface area contributed by atoms with Crippen LogP contribution in [0.3, 0.4) is 0 Å². The summed E-state index contributed by atoms with van der Waals surface area (Å²) in [5, 5.41) is 3.27. The van der Waals surface area contributed by atoms with Gasteiger partial charge in [-0.05, 0) is 19.5 Å². The van der Waals surface area contributed by atoms with Gasteiger partial charge in [0.05, 0.1) is 0 Å². The lowest BCUT2D eigenvalue weighted by molar-refractivity contribution is 0.236. The van der Waals surface area contributed by atoms with Gasteiger partial charge in [-0.1, -0.05) is 6.92 Å². The lowest BCUT2D eigenvalue weighted by Crippen LogP contribution is -2.41. The fraction of sp³-hybridized carbons (Fsp3) is 1.00. The Hall–Kier alpha value is 0.0569. The first-order chi connectivity index (χ1) is 6.60. The van der Waals surface area contributed by atoms with Crippen molar-refractivity contribution in [1.82, 2.24) is 5.32 Å². The molecule has 3 N–H and O–H groups in total. The van der Waals surface area contributed by atoms with Crippen LogP contribution in [0.1, 0.15) is 13.3 Å². The molecule has 0 aromatic rings. The molecule has 0 saturated heterocycles. The minimum atomic E-state index is -1.93. The van der Waals surface area contributed by atoms with Crippen molar-refractivity contribution in [3.8, 4) is 0 Å². The van der Waals surface area contributed by atoms with Gasteiger partial charge in [0.15, 0.2) is 0 Å². The fourth-order valence-electron chi connectivity index (χ4n) is 1.29. The van der Waals surface area contributed by atoms with Crippen LogP contribution < -0.4 is 11.1 Å². The molecule has 0 aromatic carbocycles. The molecule has 0 fully saturated rings. The third-order valence-corrected chi connectivity index (χ3v) is 6.48. The average molecular weight is 220 g/mol. The maximum atomic E-state index is 5.47. The van der Waals surface area contributed by atoms with Crippen LogP contribution in [0.15, 0.2) is 0 Å². The zero-order valence-electron chi connectivity index (χ0n) is 9.80. The second-order valence-corrected chi connectivity index (χ2v) is 7.49. The van der Waals surface area contributed by atoms with E-state index in [4.69, 9.17) is 14.6 Å². The SMILES string of the molecule is CO[Si](C)(OC)C(C)CCNCCN. The van der Waals surface area contributed by atoms with Crippen molar-refractivity contribution in [3.05, 3.63) is 0 Å². The molecular weight excluding hydrogens is 196 g/mol. The van der Waals surface area contributed by atoms with Gasteiger partial charge in [0.2, 0.25) is 0 Å². The minimum Gasteiger partial charge on any atom is -0.398 e. The quantitative estimate of drug-likeness (QED) is 0.466. The molecule has 1 atom stereocenters. The summed E-state index contributed by atoms with van der Waals surface area (Å²) in [5.74, 6) is 0. The van der Waals surface area contributed by atoms with E-state index in [0.717, 1.165) is 19.5 Å². The second kappa shape index (κ2) is 7.36. The minimum absolute atomic E-state index is 0.489. The number of rotatable bonds is 8. The highest BCUT2D eigenvalue weighted by molar-refractivity contribution is 6.67. The summed E-state index contributed by atoms with van der Waals surface area (Å²) < 4.78 is 10.9. The smallest absolute Gasteiger partial charge is 0.337 e. The first kappa shape index (κ1) is 14.1. The van der Waals surface area contributed by atoms with E-state index in [1.807, 2.05) is 0 Å². The summed E-state index contributed by atoms with van der Waals surface area (Å²) in [7, 11) is 1.54. The van der Waals surface area contributed by atoms with E-state index in [1.165, 1.54) is 0 Å². The molecule has 86 valence electrons. The first-order valence-electron chi connectivity index (χ1n) is 5.11. The molecule has 0 aliphatic rings. The highest BCUT2D eigenvalue weighted by Gasteiger charge is 2.35. The van der Waals surface area contributed by atoms with Gasteiger partial charge in [0.1, 0.15) is 0 Å². The highest BCUT2D eigenvalue weighted by atomic mass is 28.4. The van der Waals surface area contributed by atoms with Gasteiger partial charge in [0.25, 0.3) is 0 Å². The Morgan fingerprint density at radius 3 is 2.29 bits per heavy atom. The molecule has 0 aliphatic heterocycles. The van der Waals surface area contributed by atoms with E-state index in [9.17, 15) is 0 Å². The summed E-state index contributed by atoms with van der Waals surface area (Å²) in [6.45, 7) is 6.83. The average Bonchev–Trinajstić information content (AvgIpc) is 2.22. The molecule has 4 nitrogen and oxygen atoms in total. The third kappa shape index (κ3) is 4.52. The van der Waals surface area contributed by atoms with Gasteiger partial charge in [-0.2, -0.15) is 0 Å². The second-order valence-electron chi connectivity index (χ2n) is 3.65. The Bertz CT molecular complexity index is 143. The molecule has 0 spiro atoms. The molecule has 0 rings (SSSR count). The van der Waals surface area contributed by atoms with Crippen LogP contribution in [-0.4, -0.2) is 42.4 Å². The van der Waals surface area contributed by atoms with Gasteiger partial charge in [-0.15, -0.1) is 0 Å². The van der Waals surface area contributed by atoms with Gasteiger partial charge >= 0.3 is 8.56 Å². The molecule has 5 heteroatoms. The highest BCUT2D eigenvalue weighted by Crippen LogP contribution is 2.25. The Labute approximate surface area is 88.4 Å². The topological polar surface area (TPSA) is 56.5 Å². The van der Waals surface area contributed by atoms with Gasteiger partial charge in [0, 0.05) is 32.9 Å². The maximum absolute atomic E-state index is 5.47. The Balaban J connectivity index is 3.75. The predicted octanol–water partition coefficient (Wildman–Crippen LogP) is 0.680. The van der Waals surface area contributed by atoms with E-state index < -0.39 is 8.56 Å². The van der Waals surface area contributed by atoms with Crippen molar-refractivity contribution < 1.29 is 8.85 Å². The monoisotopic (exact) mass is 220 g/mol. The summed E-state index contributed by atoms with van der Waals surface area (Å²) in [6, 6.07) is 0. The van der Waals surface area contributed by atoms with Crippen molar-refractivity contribution in [2.24, 2.45) is 5.73 Å². The molecule has 0 saturated carbocycles. The summed E-state index contributed by atoms with van der Waals surface area (Å²) >= 11 is 0. The van der Waals surface area contributed by atoms with Crippen LogP contribution in [0.4, 0.5) is 0 Å². The molecule has 0 aromatic heterocycles. The molecule has 14 heavy (non-hydrogen) atoms. The predicted molar refractivity (Wildman–Crippen MR) is 61.6 cm³/mol. The molecular formula is C9H24N2O2Si. The largest absolute Gasteiger partial charge is 0.398 e. The normalized spacial score (nSPS) is 14.4. The van der Waals surface area contributed by atoms with Gasteiger partial charge in [-0.25, -0.2) is 0 Å². The molecule has 0 heterocycles. The van der Waals surface area contributed by atoms with Crippen LogP contribution >= 0.6 is 0 Å². The van der Waals surface area contributed by atoms with Crippen LogP contribution in [0.2, 0.25) is 12.1 Å². The number of nitrogens with one attached hydrogen (secondary N) is 1. The van der Waals surface area contributed by atoms with E-state index >= 15 is 0 Å². The van der Waals surface area contributed by atoms with Crippen LogP contribution in [0, 0.1) is 0 Å². The van der Waals surface area contributed by atoms with Crippen molar-refractivity contribution in [2.75, 3.05) is 33.9 Å². The molecule has 0 radical (unpaired) electrons. The molecule has 0 amide bonds. The van der Waals surface area contributed by atoms with Gasteiger partial charge < -0.3 is 19.9 Å². The van der Waals surface area contributed by atoms with Crippen molar-refractivity contribution in [1.29, 1.82) is 0 Å². The van der Waals surface area contributed by atoms with Crippen LogP contribution in [-0.2, 0) is 8.85 Å². The fourth-order valence-corrected chi connectivity index (χ4v) is 2.93.